The molecule has 1 N–H and O–H groups in total. The second-order valence-corrected chi connectivity index (χ2v) is 11.4. The molecule has 0 amide bonds. The highest BCUT2D eigenvalue weighted by Gasteiger charge is 2.41. The van der Waals surface area contributed by atoms with E-state index in [9.17, 15) is 0 Å². The number of aliphatic hydroxyl groups is 1. The van der Waals surface area contributed by atoms with Crippen molar-refractivity contribution in [2.24, 2.45) is 0 Å². The molecule has 0 aromatic carbocycles. The molecular formula is C18H22Br2OS2. The zero-order chi connectivity index (χ0) is 16.4. The van der Waals surface area contributed by atoms with E-state index in [1.807, 2.05) is 22.7 Å². The van der Waals surface area contributed by atoms with Gasteiger partial charge in [0.2, 0.25) is 0 Å². The molecule has 1 aliphatic rings. The van der Waals surface area contributed by atoms with Crippen LogP contribution in [0.2, 0.25) is 0 Å². The van der Waals surface area contributed by atoms with Gasteiger partial charge in [0.15, 0.2) is 0 Å². The van der Waals surface area contributed by atoms with Crippen molar-refractivity contribution in [3.8, 4) is 9.75 Å². The first-order chi connectivity index (χ1) is 11.1. The Balaban J connectivity index is 1.68. The van der Waals surface area contributed by atoms with Crippen molar-refractivity contribution in [1.29, 1.82) is 0 Å². The van der Waals surface area contributed by atoms with E-state index in [0.717, 1.165) is 12.8 Å². The van der Waals surface area contributed by atoms with E-state index in [0.29, 0.717) is 6.61 Å². The quantitative estimate of drug-likeness (QED) is 0.394. The molecule has 2 heterocycles. The Hall–Kier alpha value is 0.320. The van der Waals surface area contributed by atoms with E-state index in [4.69, 9.17) is 5.11 Å². The van der Waals surface area contributed by atoms with Gasteiger partial charge in [-0.05, 0) is 68.0 Å². The van der Waals surface area contributed by atoms with Crippen molar-refractivity contribution in [3.05, 3.63) is 30.8 Å². The Morgan fingerprint density at radius 1 is 0.870 bits per heavy atom. The summed E-state index contributed by atoms with van der Waals surface area (Å²) in [6, 6.07) is 4.67. The molecule has 2 aromatic rings. The van der Waals surface area contributed by atoms with Gasteiger partial charge in [-0.1, -0.05) is 39.0 Å². The summed E-state index contributed by atoms with van der Waals surface area (Å²) in [6.07, 6.45) is 8.45. The molecule has 126 valence electrons. The normalized spacial score (nSPS) is 15.0. The molecule has 0 unspecified atom stereocenters. The van der Waals surface area contributed by atoms with Crippen LogP contribution in [0.25, 0.3) is 9.75 Å². The van der Waals surface area contributed by atoms with Crippen LogP contribution in [0.3, 0.4) is 0 Å². The van der Waals surface area contributed by atoms with Crippen molar-refractivity contribution >= 4 is 54.5 Å². The smallest absolute Gasteiger partial charge is 0.0708 e. The second-order valence-electron chi connectivity index (χ2n) is 6.51. The summed E-state index contributed by atoms with van der Waals surface area (Å²) in [5.41, 5.74) is 3.20. The van der Waals surface area contributed by atoms with E-state index in [1.54, 1.807) is 0 Å². The van der Waals surface area contributed by atoms with Gasteiger partial charge in [-0.25, -0.2) is 0 Å². The number of fused-ring (bicyclic) bond motifs is 3. The van der Waals surface area contributed by atoms with Gasteiger partial charge in [0.05, 0.1) is 7.57 Å². The molecule has 0 spiro atoms. The van der Waals surface area contributed by atoms with Crippen molar-refractivity contribution in [1.82, 2.24) is 0 Å². The lowest BCUT2D eigenvalue weighted by atomic mass is 9.77. The van der Waals surface area contributed by atoms with E-state index < -0.39 is 0 Å². The first-order valence-electron chi connectivity index (χ1n) is 8.27. The molecule has 0 atom stereocenters. The lowest BCUT2D eigenvalue weighted by molar-refractivity contribution is 0.282. The average molecular weight is 478 g/mol. The van der Waals surface area contributed by atoms with Gasteiger partial charge >= 0.3 is 0 Å². The molecule has 1 aliphatic carbocycles. The standard InChI is InChI=1S/C18H22Br2OS2/c1-18(8-6-4-2-3-5-7-9-21)12-10-14(19)22-16(12)17-13(18)11-15(20)23-17/h10-11,21H,2-9H2,1H3. The van der Waals surface area contributed by atoms with Crippen LogP contribution in [0.15, 0.2) is 19.7 Å². The van der Waals surface area contributed by atoms with Crippen LogP contribution in [0.1, 0.15) is 63.0 Å². The van der Waals surface area contributed by atoms with Gasteiger partial charge in [0.1, 0.15) is 0 Å². The van der Waals surface area contributed by atoms with Crippen LogP contribution < -0.4 is 0 Å². The average Bonchev–Trinajstić information content (AvgIpc) is 3.13. The summed E-state index contributed by atoms with van der Waals surface area (Å²) >= 11 is 11.1. The summed E-state index contributed by atoms with van der Waals surface area (Å²) in [5.74, 6) is 0. The van der Waals surface area contributed by atoms with E-state index in [-0.39, 0.29) is 5.41 Å². The van der Waals surface area contributed by atoms with E-state index in [1.165, 1.54) is 60.6 Å². The molecule has 0 aliphatic heterocycles. The zero-order valence-corrected chi connectivity index (χ0v) is 18.1. The minimum atomic E-state index is 0.167. The number of thiophene rings is 2. The molecule has 0 saturated heterocycles. The number of aliphatic hydroxyl groups excluding tert-OH is 1. The third-order valence-electron chi connectivity index (χ3n) is 4.88. The maximum atomic E-state index is 8.83. The van der Waals surface area contributed by atoms with E-state index >= 15 is 0 Å². The fourth-order valence-electron chi connectivity index (χ4n) is 3.59. The summed E-state index contributed by atoms with van der Waals surface area (Å²) in [7, 11) is 0. The Labute approximate surface area is 163 Å². The Morgan fingerprint density at radius 2 is 1.35 bits per heavy atom. The number of hydrogen-bond donors (Lipinski definition) is 1. The highest BCUT2D eigenvalue weighted by atomic mass is 79.9. The third kappa shape index (κ3) is 3.64. The first-order valence-corrected chi connectivity index (χ1v) is 11.5. The van der Waals surface area contributed by atoms with Gasteiger partial charge in [-0.15, -0.1) is 22.7 Å². The zero-order valence-electron chi connectivity index (χ0n) is 13.3. The monoisotopic (exact) mass is 476 g/mol. The molecule has 0 saturated carbocycles. The molecule has 23 heavy (non-hydrogen) atoms. The fourth-order valence-corrected chi connectivity index (χ4v) is 7.21. The SMILES string of the molecule is CC1(CCCCCCCCO)c2cc(Br)sc2-c2sc(Br)cc21. The minimum absolute atomic E-state index is 0.167. The van der Waals surface area contributed by atoms with Crippen molar-refractivity contribution < 1.29 is 5.11 Å². The van der Waals surface area contributed by atoms with Crippen LogP contribution in [-0.2, 0) is 5.41 Å². The highest BCUT2D eigenvalue weighted by molar-refractivity contribution is 9.11. The summed E-state index contributed by atoms with van der Waals surface area (Å²) < 4.78 is 2.49. The van der Waals surface area contributed by atoms with Crippen LogP contribution in [0.5, 0.6) is 0 Å². The van der Waals surface area contributed by atoms with Crippen LogP contribution in [0, 0.1) is 0 Å². The highest BCUT2D eigenvalue weighted by Crippen LogP contribution is 2.58. The molecular weight excluding hydrogens is 456 g/mol. The van der Waals surface area contributed by atoms with Gasteiger partial charge in [-0.3, -0.25) is 0 Å². The van der Waals surface area contributed by atoms with Crippen molar-refractivity contribution in [3.63, 3.8) is 0 Å². The third-order valence-corrected chi connectivity index (χ3v) is 8.32. The number of rotatable bonds is 8. The Bertz CT molecular complexity index is 628. The van der Waals surface area contributed by atoms with Gasteiger partial charge < -0.3 is 5.11 Å². The maximum Gasteiger partial charge on any atom is 0.0708 e. The summed E-state index contributed by atoms with van der Waals surface area (Å²) in [5, 5.41) is 8.83. The molecule has 2 aromatic heterocycles. The van der Waals surface area contributed by atoms with Crippen LogP contribution >= 0.6 is 54.5 Å². The molecule has 5 heteroatoms. The first kappa shape index (κ1) is 18.1. The molecule has 0 radical (unpaired) electrons. The van der Waals surface area contributed by atoms with Crippen LogP contribution in [-0.4, -0.2) is 11.7 Å². The summed E-state index contributed by atoms with van der Waals surface area (Å²) in [4.78, 5) is 2.93. The topological polar surface area (TPSA) is 20.2 Å². The molecule has 0 bridgehead atoms. The number of unbranched alkanes of at least 4 members (excludes halogenated alkanes) is 5. The minimum Gasteiger partial charge on any atom is -0.396 e. The van der Waals surface area contributed by atoms with Crippen molar-refractivity contribution in [2.75, 3.05) is 6.61 Å². The van der Waals surface area contributed by atoms with Gasteiger partial charge in [-0.2, -0.15) is 0 Å². The molecule has 0 fully saturated rings. The maximum absolute atomic E-state index is 8.83. The lowest BCUT2D eigenvalue weighted by Crippen LogP contribution is -2.19. The van der Waals surface area contributed by atoms with E-state index in [2.05, 4.69) is 50.9 Å². The Kier molecular flexibility index (Phi) is 6.06. The number of halogens is 2. The molecule has 1 nitrogen and oxygen atoms in total. The largest absolute Gasteiger partial charge is 0.396 e. The predicted molar refractivity (Wildman–Crippen MR) is 109 cm³/mol. The predicted octanol–water partition coefficient (Wildman–Crippen LogP) is 7.34. The Morgan fingerprint density at radius 3 is 1.87 bits per heavy atom. The van der Waals surface area contributed by atoms with Crippen molar-refractivity contribution in [2.45, 2.75) is 57.3 Å². The van der Waals surface area contributed by atoms with Gasteiger partial charge in [0.25, 0.3) is 0 Å². The fraction of sp³-hybridized carbons (Fsp3) is 0.556. The lowest BCUT2D eigenvalue weighted by Gasteiger charge is -2.26. The van der Waals surface area contributed by atoms with Gasteiger partial charge in [0, 0.05) is 21.8 Å². The molecule has 3 rings (SSSR count). The van der Waals surface area contributed by atoms with Crippen LogP contribution in [0.4, 0.5) is 0 Å². The second kappa shape index (κ2) is 7.69. The summed E-state index contributed by atoms with van der Waals surface area (Å²) in [6.45, 7) is 2.76. The number of hydrogen-bond acceptors (Lipinski definition) is 3.